The standard InChI is InChI=1S/C22H24FN3O3/c23-19-4-2-1-3-16(19)14-24-22(28)18-8-7-17(25-21(27)15-5-6-15)13-20(18)26-9-11-29-12-10-26/h1-4,7-8,13,15H,5-6,9-12,14H2,(H,24,28)(H,25,27). The zero-order chi connectivity index (χ0) is 20.2. The minimum Gasteiger partial charge on any atom is -0.378 e. The van der Waals surface area contributed by atoms with Crippen LogP contribution in [0.15, 0.2) is 42.5 Å². The Labute approximate surface area is 169 Å². The van der Waals surface area contributed by atoms with Gasteiger partial charge >= 0.3 is 0 Å². The Morgan fingerprint density at radius 2 is 1.86 bits per heavy atom. The second-order valence-electron chi connectivity index (χ2n) is 7.37. The van der Waals surface area contributed by atoms with Crippen molar-refractivity contribution in [2.24, 2.45) is 5.92 Å². The lowest BCUT2D eigenvalue weighted by Gasteiger charge is -2.30. The van der Waals surface area contributed by atoms with E-state index < -0.39 is 0 Å². The monoisotopic (exact) mass is 397 g/mol. The SMILES string of the molecule is O=C(NCc1ccccc1F)c1ccc(NC(=O)C2CC2)cc1N1CCOCC1. The van der Waals surface area contributed by atoms with Crippen LogP contribution in [0.1, 0.15) is 28.8 Å². The number of amides is 2. The van der Waals surface area contributed by atoms with Gasteiger partial charge in [0, 0.05) is 36.8 Å². The molecule has 2 fully saturated rings. The first kappa shape index (κ1) is 19.4. The van der Waals surface area contributed by atoms with Crippen LogP contribution in [-0.4, -0.2) is 38.1 Å². The van der Waals surface area contributed by atoms with E-state index in [1.54, 1.807) is 30.3 Å². The molecule has 2 aromatic rings. The van der Waals surface area contributed by atoms with Crippen LogP contribution < -0.4 is 15.5 Å². The van der Waals surface area contributed by atoms with Crippen molar-refractivity contribution in [2.75, 3.05) is 36.5 Å². The lowest BCUT2D eigenvalue weighted by molar-refractivity contribution is -0.117. The van der Waals surface area contributed by atoms with E-state index in [0.29, 0.717) is 43.1 Å². The van der Waals surface area contributed by atoms with E-state index in [-0.39, 0.29) is 30.1 Å². The molecule has 1 saturated heterocycles. The first-order valence-corrected chi connectivity index (χ1v) is 9.91. The van der Waals surface area contributed by atoms with Crippen molar-refractivity contribution in [3.8, 4) is 0 Å². The van der Waals surface area contributed by atoms with Gasteiger partial charge in [0.1, 0.15) is 5.82 Å². The highest BCUT2D eigenvalue weighted by atomic mass is 19.1. The van der Waals surface area contributed by atoms with Crippen molar-refractivity contribution in [3.63, 3.8) is 0 Å². The average Bonchev–Trinajstić information content (AvgIpc) is 3.59. The second kappa shape index (κ2) is 8.61. The summed E-state index contributed by atoms with van der Waals surface area (Å²) in [5.74, 6) is -0.505. The Kier molecular flexibility index (Phi) is 5.76. The zero-order valence-corrected chi connectivity index (χ0v) is 16.1. The number of carbonyl (C=O) groups is 2. The van der Waals surface area contributed by atoms with Gasteiger partial charge in [0.2, 0.25) is 5.91 Å². The third kappa shape index (κ3) is 4.74. The third-order valence-corrected chi connectivity index (χ3v) is 5.21. The van der Waals surface area contributed by atoms with Crippen molar-refractivity contribution < 1.29 is 18.7 Å². The number of nitrogens with one attached hydrogen (secondary N) is 2. The van der Waals surface area contributed by atoms with Crippen molar-refractivity contribution in [2.45, 2.75) is 19.4 Å². The van der Waals surface area contributed by atoms with Crippen LogP contribution in [0.2, 0.25) is 0 Å². The number of halogens is 1. The molecule has 2 aromatic carbocycles. The molecule has 152 valence electrons. The number of rotatable bonds is 6. The van der Waals surface area contributed by atoms with Crippen LogP contribution in [0.4, 0.5) is 15.8 Å². The summed E-state index contributed by atoms with van der Waals surface area (Å²) in [6.45, 7) is 2.58. The molecule has 7 heteroatoms. The van der Waals surface area contributed by atoms with E-state index in [2.05, 4.69) is 15.5 Å². The fourth-order valence-corrected chi connectivity index (χ4v) is 3.37. The number of hydrogen-bond donors (Lipinski definition) is 2. The van der Waals surface area contributed by atoms with Crippen molar-refractivity contribution in [1.29, 1.82) is 0 Å². The molecule has 1 aliphatic carbocycles. The summed E-state index contributed by atoms with van der Waals surface area (Å²) in [5.41, 5.74) is 2.34. The highest BCUT2D eigenvalue weighted by Crippen LogP contribution is 2.31. The van der Waals surface area contributed by atoms with Gasteiger partial charge in [-0.25, -0.2) is 4.39 Å². The van der Waals surface area contributed by atoms with Gasteiger partial charge < -0.3 is 20.3 Å². The minimum atomic E-state index is -0.348. The summed E-state index contributed by atoms with van der Waals surface area (Å²) in [6, 6.07) is 11.7. The third-order valence-electron chi connectivity index (χ3n) is 5.21. The number of morpholine rings is 1. The summed E-state index contributed by atoms with van der Waals surface area (Å²) < 4.78 is 19.3. The fourth-order valence-electron chi connectivity index (χ4n) is 3.37. The van der Waals surface area contributed by atoms with Gasteiger partial charge in [-0.3, -0.25) is 9.59 Å². The van der Waals surface area contributed by atoms with Gasteiger partial charge in [-0.05, 0) is 37.1 Å². The number of anilines is 2. The van der Waals surface area contributed by atoms with Gasteiger partial charge in [0.15, 0.2) is 0 Å². The predicted octanol–water partition coefficient (Wildman–Crippen LogP) is 2.94. The number of benzene rings is 2. The Bertz CT molecular complexity index is 908. The van der Waals surface area contributed by atoms with E-state index in [9.17, 15) is 14.0 Å². The molecule has 6 nitrogen and oxygen atoms in total. The summed E-state index contributed by atoms with van der Waals surface area (Å²) in [6.07, 6.45) is 1.86. The maximum absolute atomic E-state index is 13.8. The molecule has 0 unspecified atom stereocenters. The summed E-state index contributed by atoms with van der Waals surface area (Å²) in [7, 11) is 0. The molecule has 2 aliphatic rings. The van der Waals surface area contributed by atoms with E-state index in [0.717, 1.165) is 18.5 Å². The van der Waals surface area contributed by atoms with Gasteiger partial charge in [-0.1, -0.05) is 18.2 Å². The number of ether oxygens (including phenoxy) is 1. The number of hydrogen-bond acceptors (Lipinski definition) is 4. The van der Waals surface area contributed by atoms with Crippen molar-refractivity contribution in [3.05, 3.63) is 59.4 Å². The van der Waals surface area contributed by atoms with Crippen LogP contribution in [0, 0.1) is 11.7 Å². The molecule has 0 spiro atoms. The van der Waals surface area contributed by atoms with E-state index in [4.69, 9.17) is 4.74 Å². The van der Waals surface area contributed by atoms with E-state index in [1.807, 2.05) is 6.07 Å². The number of carbonyl (C=O) groups excluding carboxylic acids is 2. The smallest absolute Gasteiger partial charge is 0.253 e. The van der Waals surface area contributed by atoms with Crippen molar-refractivity contribution >= 4 is 23.2 Å². The Morgan fingerprint density at radius 3 is 2.59 bits per heavy atom. The predicted molar refractivity (Wildman–Crippen MR) is 108 cm³/mol. The molecule has 2 amide bonds. The maximum Gasteiger partial charge on any atom is 0.253 e. The minimum absolute atomic E-state index is 0.0229. The van der Waals surface area contributed by atoms with Crippen LogP contribution in [0.3, 0.4) is 0 Å². The normalized spacial score (nSPS) is 16.4. The largest absolute Gasteiger partial charge is 0.378 e. The fraction of sp³-hybridized carbons (Fsp3) is 0.364. The molecule has 2 N–H and O–H groups in total. The van der Waals surface area contributed by atoms with Crippen LogP contribution >= 0.6 is 0 Å². The Hall–Kier alpha value is -2.93. The molecule has 1 aliphatic heterocycles. The summed E-state index contributed by atoms with van der Waals surface area (Å²) in [5, 5.41) is 5.74. The van der Waals surface area contributed by atoms with Gasteiger partial charge in [-0.15, -0.1) is 0 Å². The lowest BCUT2D eigenvalue weighted by Crippen LogP contribution is -2.38. The van der Waals surface area contributed by atoms with E-state index in [1.165, 1.54) is 6.07 Å². The second-order valence-corrected chi connectivity index (χ2v) is 7.37. The molecule has 29 heavy (non-hydrogen) atoms. The molecular formula is C22H24FN3O3. The Morgan fingerprint density at radius 1 is 1.10 bits per heavy atom. The van der Waals surface area contributed by atoms with Gasteiger partial charge in [0.25, 0.3) is 5.91 Å². The molecule has 0 radical (unpaired) electrons. The van der Waals surface area contributed by atoms with Gasteiger partial charge in [0.05, 0.1) is 24.5 Å². The maximum atomic E-state index is 13.8. The molecule has 0 atom stereocenters. The first-order chi connectivity index (χ1) is 14.1. The van der Waals surface area contributed by atoms with Crippen LogP contribution in [0.25, 0.3) is 0 Å². The van der Waals surface area contributed by atoms with Crippen LogP contribution in [-0.2, 0) is 16.1 Å². The van der Waals surface area contributed by atoms with Crippen molar-refractivity contribution in [1.82, 2.24) is 5.32 Å². The van der Waals surface area contributed by atoms with Gasteiger partial charge in [-0.2, -0.15) is 0 Å². The zero-order valence-electron chi connectivity index (χ0n) is 16.1. The molecule has 0 aromatic heterocycles. The summed E-state index contributed by atoms with van der Waals surface area (Å²) in [4.78, 5) is 27.1. The quantitative estimate of drug-likeness (QED) is 0.786. The van der Waals surface area contributed by atoms with E-state index >= 15 is 0 Å². The highest BCUT2D eigenvalue weighted by Gasteiger charge is 2.30. The highest BCUT2D eigenvalue weighted by molar-refractivity contribution is 6.02. The molecule has 1 heterocycles. The topological polar surface area (TPSA) is 70.7 Å². The average molecular weight is 397 g/mol. The first-order valence-electron chi connectivity index (χ1n) is 9.91. The molecule has 1 saturated carbocycles. The lowest BCUT2D eigenvalue weighted by atomic mass is 10.1. The number of nitrogens with zero attached hydrogens (tertiary/aromatic N) is 1. The summed E-state index contributed by atoms with van der Waals surface area (Å²) >= 11 is 0. The Balaban J connectivity index is 1.54. The molecular weight excluding hydrogens is 373 g/mol. The molecule has 4 rings (SSSR count). The molecule has 0 bridgehead atoms. The van der Waals surface area contributed by atoms with Crippen LogP contribution in [0.5, 0.6) is 0 Å².